The van der Waals surface area contributed by atoms with Gasteiger partial charge in [0.2, 0.25) is 0 Å². The van der Waals surface area contributed by atoms with E-state index < -0.39 is 5.41 Å². The van der Waals surface area contributed by atoms with Crippen LogP contribution in [0, 0.1) is 0 Å². The van der Waals surface area contributed by atoms with Crippen molar-refractivity contribution in [2.24, 2.45) is 0 Å². The number of fused-ring (bicyclic) bond motifs is 14. The molecule has 1 aliphatic carbocycles. The number of nitrogens with zero attached hydrogens (tertiary/aromatic N) is 2. The maximum Gasteiger partial charge on any atom is 0.137 e. The third-order valence-corrected chi connectivity index (χ3v) is 13.6. The Labute approximate surface area is 363 Å². The van der Waals surface area contributed by atoms with Crippen LogP contribution < -0.4 is 9.64 Å². The first-order chi connectivity index (χ1) is 31.3. The predicted octanol–water partition coefficient (Wildman–Crippen LogP) is 15.8. The fourth-order valence-electron chi connectivity index (χ4n) is 11.2. The van der Waals surface area contributed by atoms with Crippen molar-refractivity contribution in [1.29, 1.82) is 0 Å². The molecule has 294 valence electrons. The van der Waals surface area contributed by atoms with Gasteiger partial charge in [-0.15, -0.1) is 0 Å². The number of hydrogen-bond donors (Lipinski definition) is 0. The van der Waals surface area contributed by atoms with Gasteiger partial charge in [-0.1, -0.05) is 146 Å². The lowest BCUT2D eigenvalue weighted by molar-refractivity contribution is 0.435. The topological polar surface area (TPSA) is 30.5 Å². The third kappa shape index (κ3) is 4.59. The molecule has 0 atom stereocenters. The summed E-state index contributed by atoms with van der Waals surface area (Å²) in [7, 11) is 0. The Morgan fingerprint density at radius 2 is 1.02 bits per heavy atom. The summed E-state index contributed by atoms with van der Waals surface area (Å²) < 4.78 is 15.5. The molecule has 1 spiro atoms. The molecule has 4 nitrogen and oxygen atoms in total. The Kier molecular flexibility index (Phi) is 7.01. The molecule has 0 bridgehead atoms. The molecule has 14 rings (SSSR count). The molecule has 2 aromatic heterocycles. The SMILES string of the molecule is c1ccc(N(c2ccc3c(c2)c2ccccc2n3-c2cccc3oc4ccccc4c23)c2ccc3c4c(cccc24)C2(c4ccccc4Oc4ccccc42)c2ccccc2-3)cc1. The van der Waals surface area contributed by atoms with Crippen molar-refractivity contribution < 1.29 is 9.15 Å². The zero-order valence-electron chi connectivity index (χ0n) is 34.0. The zero-order valence-corrected chi connectivity index (χ0v) is 34.0. The van der Waals surface area contributed by atoms with Crippen LogP contribution in [0.3, 0.4) is 0 Å². The second kappa shape index (κ2) is 12.8. The van der Waals surface area contributed by atoms with Crippen LogP contribution in [-0.4, -0.2) is 4.57 Å². The smallest absolute Gasteiger partial charge is 0.137 e. The van der Waals surface area contributed by atoms with Crippen LogP contribution in [0.1, 0.15) is 22.3 Å². The van der Waals surface area contributed by atoms with E-state index in [0.717, 1.165) is 78.3 Å². The lowest BCUT2D eigenvalue weighted by Crippen LogP contribution is -2.36. The minimum atomic E-state index is -0.603. The highest BCUT2D eigenvalue weighted by molar-refractivity contribution is 6.16. The Morgan fingerprint density at radius 1 is 0.381 bits per heavy atom. The number of aromatic nitrogens is 1. The Morgan fingerprint density at radius 3 is 1.86 bits per heavy atom. The first-order valence-electron chi connectivity index (χ1n) is 21.6. The van der Waals surface area contributed by atoms with Gasteiger partial charge >= 0.3 is 0 Å². The van der Waals surface area contributed by atoms with Crippen LogP contribution >= 0.6 is 0 Å². The molecule has 12 aromatic rings. The van der Waals surface area contributed by atoms with E-state index in [4.69, 9.17) is 9.15 Å². The van der Waals surface area contributed by atoms with E-state index in [1.54, 1.807) is 0 Å². The second-order valence-electron chi connectivity index (χ2n) is 16.7. The number of rotatable bonds is 4. The maximum atomic E-state index is 6.70. The second-order valence-corrected chi connectivity index (χ2v) is 16.7. The summed E-state index contributed by atoms with van der Waals surface area (Å²) in [6.45, 7) is 0. The molecule has 10 aromatic carbocycles. The number of ether oxygens (including phenoxy) is 1. The van der Waals surface area contributed by atoms with Crippen LogP contribution in [0.15, 0.2) is 223 Å². The monoisotopic (exact) mass is 804 g/mol. The Bertz CT molecular complexity index is 3810. The van der Waals surface area contributed by atoms with Gasteiger partial charge in [0, 0.05) is 44.0 Å². The van der Waals surface area contributed by atoms with E-state index in [2.05, 4.69) is 222 Å². The molecule has 0 radical (unpaired) electrons. The van der Waals surface area contributed by atoms with Crippen molar-refractivity contribution in [1.82, 2.24) is 4.57 Å². The number of para-hydroxylation sites is 5. The summed E-state index contributed by atoms with van der Waals surface area (Å²) in [5.41, 5.74) is 15.1. The van der Waals surface area contributed by atoms with Gasteiger partial charge in [0.05, 0.1) is 33.2 Å². The molecule has 63 heavy (non-hydrogen) atoms. The van der Waals surface area contributed by atoms with Crippen molar-refractivity contribution in [2.45, 2.75) is 5.41 Å². The molecule has 0 saturated heterocycles. The number of hydrogen-bond acceptors (Lipinski definition) is 3. The fraction of sp³-hybridized carbons (Fsp3) is 0.0169. The van der Waals surface area contributed by atoms with E-state index in [1.165, 1.54) is 43.8 Å². The number of benzene rings is 10. The average Bonchev–Trinajstić information content (AvgIpc) is 3.89. The van der Waals surface area contributed by atoms with Crippen molar-refractivity contribution >= 4 is 71.6 Å². The first-order valence-corrected chi connectivity index (χ1v) is 21.6. The molecule has 0 unspecified atom stereocenters. The van der Waals surface area contributed by atoms with Crippen LogP contribution in [0.25, 0.3) is 71.3 Å². The van der Waals surface area contributed by atoms with Gasteiger partial charge in [-0.05, 0) is 100 Å². The summed E-state index contributed by atoms with van der Waals surface area (Å²) >= 11 is 0. The Balaban J connectivity index is 1.05. The molecule has 0 amide bonds. The van der Waals surface area contributed by atoms with Crippen LogP contribution in [0.5, 0.6) is 11.5 Å². The van der Waals surface area contributed by atoms with Gasteiger partial charge < -0.3 is 18.6 Å². The van der Waals surface area contributed by atoms with E-state index in [9.17, 15) is 0 Å². The van der Waals surface area contributed by atoms with E-state index >= 15 is 0 Å². The summed E-state index contributed by atoms with van der Waals surface area (Å²) in [6.07, 6.45) is 0. The molecule has 2 aliphatic rings. The number of anilines is 3. The molecular weight excluding hydrogens is 769 g/mol. The maximum absolute atomic E-state index is 6.70. The quantitative estimate of drug-likeness (QED) is 0.178. The van der Waals surface area contributed by atoms with Gasteiger partial charge in [0.1, 0.15) is 22.7 Å². The molecule has 0 saturated carbocycles. The third-order valence-electron chi connectivity index (χ3n) is 13.6. The lowest BCUT2D eigenvalue weighted by Gasteiger charge is -2.45. The van der Waals surface area contributed by atoms with Crippen molar-refractivity contribution in [3.8, 4) is 28.3 Å². The van der Waals surface area contributed by atoms with Gasteiger partial charge in [-0.25, -0.2) is 0 Å². The van der Waals surface area contributed by atoms with Gasteiger partial charge in [-0.2, -0.15) is 0 Å². The summed E-state index contributed by atoms with van der Waals surface area (Å²) in [4.78, 5) is 2.44. The minimum absolute atomic E-state index is 0.603. The summed E-state index contributed by atoms with van der Waals surface area (Å²) in [5, 5.41) is 7.04. The molecule has 1 aliphatic heterocycles. The highest BCUT2D eigenvalue weighted by Crippen LogP contribution is 2.62. The average molecular weight is 805 g/mol. The van der Waals surface area contributed by atoms with Crippen molar-refractivity contribution in [2.75, 3.05) is 4.90 Å². The molecule has 3 heterocycles. The summed E-state index contributed by atoms with van der Waals surface area (Å²) in [5.74, 6) is 1.77. The zero-order chi connectivity index (χ0) is 41.2. The number of furan rings is 1. The van der Waals surface area contributed by atoms with Gasteiger partial charge in [0.15, 0.2) is 0 Å². The summed E-state index contributed by atoms with van der Waals surface area (Å²) in [6, 6.07) is 79.0. The van der Waals surface area contributed by atoms with E-state index in [-0.39, 0.29) is 0 Å². The van der Waals surface area contributed by atoms with E-state index in [0.29, 0.717) is 0 Å². The van der Waals surface area contributed by atoms with Crippen LogP contribution in [0.4, 0.5) is 17.1 Å². The fourth-order valence-corrected chi connectivity index (χ4v) is 11.2. The molecular formula is C59H36N2O2. The van der Waals surface area contributed by atoms with Crippen molar-refractivity contribution in [3.63, 3.8) is 0 Å². The van der Waals surface area contributed by atoms with E-state index in [1.807, 2.05) is 6.07 Å². The molecule has 0 N–H and O–H groups in total. The van der Waals surface area contributed by atoms with Crippen LogP contribution in [-0.2, 0) is 5.41 Å². The minimum Gasteiger partial charge on any atom is -0.457 e. The van der Waals surface area contributed by atoms with Crippen molar-refractivity contribution in [3.05, 3.63) is 241 Å². The standard InChI is InChI=1S/C59H36N2O2/c1-2-16-37(17-3-1)60(38-32-34-51-44(36-38)40-19-5-10-26-49(40)61(51)52-27-15-31-56-58(52)43-20-6-11-28-53(43)62-56)50-35-33-41-39-18-4-7-22-45(39)59(48-25-14-21-42(50)57(41)48)46-23-8-12-29-54(46)63-55-30-13-9-24-47(55)59/h1-36H. The predicted molar refractivity (Wildman–Crippen MR) is 258 cm³/mol. The van der Waals surface area contributed by atoms with Crippen LogP contribution in [0.2, 0.25) is 0 Å². The van der Waals surface area contributed by atoms with Gasteiger partial charge in [0.25, 0.3) is 0 Å². The molecule has 0 fully saturated rings. The lowest BCUT2D eigenvalue weighted by atomic mass is 9.58. The normalized spacial score (nSPS) is 13.3. The molecule has 4 heteroatoms. The van der Waals surface area contributed by atoms with Gasteiger partial charge in [-0.3, -0.25) is 0 Å². The first kappa shape index (κ1) is 34.4. The largest absolute Gasteiger partial charge is 0.457 e. The highest BCUT2D eigenvalue weighted by Gasteiger charge is 2.49. The highest BCUT2D eigenvalue weighted by atomic mass is 16.5. The Hall–Kier alpha value is -8.34.